The molecule has 1 atom stereocenters. The first-order valence-corrected chi connectivity index (χ1v) is 6.36. The zero-order valence-corrected chi connectivity index (χ0v) is 9.78. The SMILES string of the molecule is O=C1C=CO[C@@H](CCSc2ccccc2)C1. The van der Waals surface area contributed by atoms with Gasteiger partial charge in [0.15, 0.2) is 5.78 Å². The molecule has 0 unspecified atom stereocenters. The average Bonchev–Trinajstić information content (AvgIpc) is 2.30. The van der Waals surface area contributed by atoms with E-state index in [4.69, 9.17) is 4.74 Å². The van der Waals surface area contributed by atoms with E-state index in [0.29, 0.717) is 6.42 Å². The van der Waals surface area contributed by atoms with Crippen LogP contribution in [0.5, 0.6) is 0 Å². The van der Waals surface area contributed by atoms with Gasteiger partial charge < -0.3 is 4.74 Å². The molecule has 0 amide bonds. The summed E-state index contributed by atoms with van der Waals surface area (Å²) in [7, 11) is 0. The zero-order chi connectivity index (χ0) is 11.2. The third-order valence-corrected chi connectivity index (χ3v) is 3.45. The van der Waals surface area contributed by atoms with Gasteiger partial charge in [0.05, 0.1) is 6.26 Å². The number of allylic oxidation sites excluding steroid dienone is 1. The topological polar surface area (TPSA) is 26.3 Å². The molecule has 16 heavy (non-hydrogen) atoms. The fourth-order valence-electron chi connectivity index (χ4n) is 1.56. The minimum Gasteiger partial charge on any atom is -0.497 e. The number of rotatable bonds is 4. The van der Waals surface area contributed by atoms with Crippen LogP contribution in [0.15, 0.2) is 47.6 Å². The summed E-state index contributed by atoms with van der Waals surface area (Å²) in [6.07, 6.45) is 4.51. The van der Waals surface area contributed by atoms with Gasteiger partial charge in [0.25, 0.3) is 0 Å². The molecule has 1 aliphatic heterocycles. The predicted molar refractivity (Wildman–Crippen MR) is 65.4 cm³/mol. The first-order valence-electron chi connectivity index (χ1n) is 5.37. The van der Waals surface area contributed by atoms with Gasteiger partial charge in [0, 0.05) is 23.1 Å². The van der Waals surface area contributed by atoms with Crippen LogP contribution in [-0.2, 0) is 9.53 Å². The van der Waals surface area contributed by atoms with Crippen molar-refractivity contribution in [1.29, 1.82) is 0 Å². The van der Waals surface area contributed by atoms with Gasteiger partial charge in [-0.15, -0.1) is 11.8 Å². The Kier molecular flexibility index (Phi) is 4.05. The van der Waals surface area contributed by atoms with Crippen molar-refractivity contribution in [3.63, 3.8) is 0 Å². The summed E-state index contributed by atoms with van der Waals surface area (Å²) in [5, 5.41) is 0. The molecule has 0 bridgehead atoms. The fraction of sp³-hybridized carbons (Fsp3) is 0.308. The highest BCUT2D eigenvalue weighted by Gasteiger charge is 2.15. The van der Waals surface area contributed by atoms with Gasteiger partial charge in [-0.25, -0.2) is 0 Å². The second kappa shape index (κ2) is 5.75. The highest BCUT2D eigenvalue weighted by atomic mass is 32.2. The second-order valence-corrected chi connectivity index (χ2v) is 4.85. The van der Waals surface area contributed by atoms with Crippen LogP contribution in [0.4, 0.5) is 0 Å². The van der Waals surface area contributed by atoms with Crippen molar-refractivity contribution in [2.24, 2.45) is 0 Å². The lowest BCUT2D eigenvalue weighted by Crippen LogP contribution is -2.19. The summed E-state index contributed by atoms with van der Waals surface area (Å²) < 4.78 is 5.37. The molecule has 0 aromatic heterocycles. The quantitative estimate of drug-likeness (QED) is 0.749. The Hall–Kier alpha value is -1.22. The number of ether oxygens (including phenoxy) is 1. The smallest absolute Gasteiger partial charge is 0.162 e. The van der Waals surface area contributed by atoms with Crippen molar-refractivity contribution in [1.82, 2.24) is 0 Å². The Morgan fingerprint density at radius 1 is 1.31 bits per heavy atom. The highest BCUT2D eigenvalue weighted by Crippen LogP contribution is 2.21. The predicted octanol–water partition coefficient (Wildman–Crippen LogP) is 3.04. The number of benzene rings is 1. The largest absolute Gasteiger partial charge is 0.497 e. The molecule has 84 valence electrons. The summed E-state index contributed by atoms with van der Waals surface area (Å²) in [6.45, 7) is 0. The molecule has 2 rings (SSSR count). The lowest BCUT2D eigenvalue weighted by Gasteiger charge is -2.18. The average molecular weight is 234 g/mol. The molecule has 0 aliphatic carbocycles. The first-order chi connectivity index (χ1) is 7.84. The lowest BCUT2D eigenvalue weighted by atomic mass is 10.1. The molecule has 1 aromatic rings. The number of ketones is 1. The van der Waals surface area contributed by atoms with E-state index in [1.165, 1.54) is 17.2 Å². The van der Waals surface area contributed by atoms with Crippen LogP contribution in [0.1, 0.15) is 12.8 Å². The summed E-state index contributed by atoms with van der Waals surface area (Å²) >= 11 is 1.80. The minimum absolute atomic E-state index is 0.0636. The second-order valence-electron chi connectivity index (χ2n) is 3.68. The molecule has 0 N–H and O–H groups in total. The molecular formula is C13H14O2S. The van der Waals surface area contributed by atoms with Gasteiger partial charge >= 0.3 is 0 Å². The van der Waals surface area contributed by atoms with Crippen LogP contribution in [-0.4, -0.2) is 17.6 Å². The molecule has 3 heteroatoms. The van der Waals surface area contributed by atoms with Gasteiger partial charge in [0.2, 0.25) is 0 Å². The van der Waals surface area contributed by atoms with Crippen molar-refractivity contribution >= 4 is 17.5 Å². The maximum atomic E-state index is 11.1. The normalized spacial score (nSPS) is 19.5. The molecule has 0 fully saturated rings. The van der Waals surface area contributed by atoms with E-state index >= 15 is 0 Å². The molecule has 0 saturated heterocycles. The Bertz CT molecular complexity index is 373. The highest BCUT2D eigenvalue weighted by molar-refractivity contribution is 7.99. The lowest BCUT2D eigenvalue weighted by molar-refractivity contribution is -0.118. The Morgan fingerprint density at radius 3 is 2.88 bits per heavy atom. The van der Waals surface area contributed by atoms with Crippen molar-refractivity contribution < 1.29 is 9.53 Å². The minimum atomic E-state index is 0.0636. The van der Waals surface area contributed by atoms with E-state index in [2.05, 4.69) is 12.1 Å². The molecule has 1 aliphatic rings. The molecule has 1 aromatic carbocycles. The van der Waals surface area contributed by atoms with Crippen LogP contribution in [0.3, 0.4) is 0 Å². The van der Waals surface area contributed by atoms with Crippen molar-refractivity contribution in [3.05, 3.63) is 42.7 Å². The number of thioether (sulfide) groups is 1. The van der Waals surface area contributed by atoms with Crippen LogP contribution in [0.25, 0.3) is 0 Å². The summed E-state index contributed by atoms with van der Waals surface area (Å²) in [4.78, 5) is 12.4. The first kappa shape index (κ1) is 11.3. The molecular weight excluding hydrogens is 220 g/mol. The van der Waals surface area contributed by atoms with Crippen molar-refractivity contribution in [2.45, 2.75) is 23.8 Å². The number of carbonyl (C=O) groups excluding carboxylic acids is 1. The number of hydrogen-bond acceptors (Lipinski definition) is 3. The van der Waals surface area contributed by atoms with Gasteiger partial charge in [0.1, 0.15) is 6.10 Å². The fourth-order valence-corrected chi connectivity index (χ4v) is 2.53. The van der Waals surface area contributed by atoms with E-state index < -0.39 is 0 Å². The van der Waals surface area contributed by atoms with E-state index in [0.717, 1.165) is 12.2 Å². The van der Waals surface area contributed by atoms with Gasteiger partial charge in [-0.05, 0) is 18.6 Å². The Balaban J connectivity index is 1.72. The third kappa shape index (κ3) is 3.42. The number of carbonyl (C=O) groups is 1. The Labute approximate surface area is 99.7 Å². The van der Waals surface area contributed by atoms with E-state index in [9.17, 15) is 4.79 Å². The van der Waals surface area contributed by atoms with Crippen molar-refractivity contribution in [3.8, 4) is 0 Å². The molecule has 1 heterocycles. The summed E-state index contributed by atoms with van der Waals surface area (Å²) in [5.74, 6) is 1.15. The summed E-state index contributed by atoms with van der Waals surface area (Å²) in [5.41, 5.74) is 0. The monoisotopic (exact) mass is 234 g/mol. The van der Waals surface area contributed by atoms with Gasteiger partial charge in [-0.2, -0.15) is 0 Å². The third-order valence-electron chi connectivity index (χ3n) is 2.41. The standard InChI is InChI=1S/C13H14O2S/c14-11-6-8-15-12(10-11)7-9-16-13-4-2-1-3-5-13/h1-6,8,12H,7,9-10H2/t12-/m0/s1. The van der Waals surface area contributed by atoms with Crippen LogP contribution < -0.4 is 0 Å². The maximum absolute atomic E-state index is 11.1. The maximum Gasteiger partial charge on any atom is 0.162 e. The van der Waals surface area contributed by atoms with Gasteiger partial charge in [-0.3, -0.25) is 4.79 Å². The molecule has 0 spiro atoms. The van der Waals surface area contributed by atoms with E-state index in [1.54, 1.807) is 11.8 Å². The van der Waals surface area contributed by atoms with Gasteiger partial charge in [-0.1, -0.05) is 18.2 Å². The van der Waals surface area contributed by atoms with Crippen molar-refractivity contribution in [2.75, 3.05) is 5.75 Å². The van der Waals surface area contributed by atoms with Crippen LogP contribution in [0, 0.1) is 0 Å². The Morgan fingerprint density at radius 2 is 2.12 bits per heavy atom. The number of hydrogen-bond donors (Lipinski definition) is 0. The van der Waals surface area contributed by atoms with Crippen LogP contribution >= 0.6 is 11.8 Å². The van der Waals surface area contributed by atoms with E-state index in [-0.39, 0.29) is 11.9 Å². The van der Waals surface area contributed by atoms with E-state index in [1.807, 2.05) is 18.2 Å². The molecule has 2 nitrogen and oxygen atoms in total. The van der Waals surface area contributed by atoms with Crippen LogP contribution in [0.2, 0.25) is 0 Å². The summed E-state index contributed by atoms with van der Waals surface area (Å²) in [6, 6.07) is 10.3. The molecule has 0 saturated carbocycles. The molecule has 0 radical (unpaired) electrons. The zero-order valence-electron chi connectivity index (χ0n) is 8.96.